The molecule has 90 valence electrons. The minimum Gasteiger partial charge on any atom is -0.480 e. The maximum Gasteiger partial charge on any atom is 0.326 e. The van der Waals surface area contributed by atoms with Crippen LogP contribution in [0.4, 0.5) is 5.69 Å². The number of nitrogens with zero attached hydrogens (tertiary/aromatic N) is 2. The molecule has 0 aliphatic heterocycles. The van der Waals surface area contributed by atoms with E-state index in [1.54, 1.807) is 12.1 Å². The molecule has 17 heavy (non-hydrogen) atoms. The van der Waals surface area contributed by atoms with Gasteiger partial charge in [0.1, 0.15) is 17.8 Å². The highest BCUT2D eigenvalue weighted by atomic mass is 16.4. The number of hydrogen-bond acceptors (Lipinski definition) is 4. The number of carboxylic acids is 1. The molecule has 2 atom stereocenters. The lowest BCUT2D eigenvalue weighted by Crippen LogP contribution is -2.35. The Hall–Kier alpha value is -2.09. The summed E-state index contributed by atoms with van der Waals surface area (Å²) in [6.45, 7) is 3.81. The van der Waals surface area contributed by atoms with Crippen LogP contribution in [-0.4, -0.2) is 22.1 Å². The lowest BCUT2D eigenvalue weighted by atomic mass is 9.99. The Morgan fingerprint density at radius 1 is 1.71 bits per heavy atom. The van der Waals surface area contributed by atoms with E-state index in [0.717, 1.165) is 6.42 Å². The fourth-order valence-corrected chi connectivity index (χ4v) is 1.44. The smallest absolute Gasteiger partial charge is 0.326 e. The molecular formula is C12H15N3O2. The molecule has 0 unspecified atom stereocenters. The minimum absolute atomic E-state index is 0.00574. The third kappa shape index (κ3) is 3.45. The first-order chi connectivity index (χ1) is 8.08. The Morgan fingerprint density at radius 3 is 2.94 bits per heavy atom. The summed E-state index contributed by atoms with van der Waals surface area (Å²) in [5, 5.41) is 20.7. The second kappa shape index (κ2) is 5.85. The van der Waals surface area contributed by atoms with Crippen LogP contribution in [0.15, 0.2) is 18.3 Å². The number of aliphatic carboxylic acids is 1. The number of hydrogen-bond donors (Lipinski definition) is 2. The summed E-state index contributed by atoms with van der Waals surface area (Å²) in [4.78, 5) is 14.9. The largest absolute Gasteiger partial charge is 0.480 e. The highest BCUT2D eigenvalue weighted by molar-refractivity contribution is 5.77. The van der Waals surface area contributed by atoms with Gasteiger partial charge in [0.05, 0.1) is 0 Å². The second-order valence-electron chi connectivity index (χ2n) is 3.89. The van der Waals surface area contributed by atoms with Crippen LogP contribution in [0.3, 0.4) is 0 Å². The molecule has 0 bridgehead atoms. The predicted octanol–water partition coefficient (Wildman–Crippen LogP) is 1.86. The SMILES string of the molecule is CC[C@H](C)[C@H](Nc1ccnc(C#N)c1)C(=O)O. The van der Waals surface area contributed by atoms with Crippen molar-refractivity contribution in [1.29, 1.82) is 5.26 Å². The number of nitriles is 1. The Bertz CT molecular complexity index is 440. The van der Waals surface area contributed by atoms with E-state index in [-0.39, 0.29) is 11.6 Å². The quantitative estimate of drug-likeness (QED) is 0.810. The molecule has 0 aromatic carbocycles. The average molecular weight is 233 g/mol. The fourth-order valence-electron chi connectivity index (χ4n) is 1.44. The number of aromatic nitrogens is 1. The van der Waals surface area contributed by atoms with Crippen LogP contribution < -0.4 is 5.32 Å². The molecule has 0 radical (unpaired) electrons. The molecular weight excluding hydrogens is 218 g/mol. The predicted molar refractivity (Wildman–Crippen MR) is 63.5 cm³/mol. The summed E-state index contributed by atoms with van der Waals surface area (Å²) in [6.07, 6.45) is 2.25. The van der Waals surface area contributed by atoms with E-state index < -0.39 is 12.0 Å². The van der Waals surface area contributed by atoms with Crippen LogP contribution in [0, 0.1) is 17.2 Å². The van der Waals surface area contributed by atoms with Gasteiger partial charge in [0.15, 0.2) is 0 Å². The molecule has 0 saturated carbocycles. The van der Waals surface area contributed by atoms with E-state index >= 15 is 0 Å². The summed E-state index contributed by atoms with van der Waals surface area (Å²) in [7, 11) is 0. The van der Waals surface area contributed by atoms with E-state index in [4.69, 9.17) is 10.4 Å². The molecule has 0 aliphatic carbocycles. The first kappa shape index (κ1) is 13.0. The normalized spacial score (nSPS) is 13.5. The maximum absolute atomic E-state index is 11.1. The molecule has 0 saturated heterocycles. The van der Waals surface area contributed by atoms with Crippen LogP contribution >= 0.6 is 0 Å². The van der Waals surface area contributed by atoms with E-state index in [1.165, 1.54) is 6.20 Å². The van der Waals surface area contributed by atoms with E-state index in [2.05, 4.69) is 10.3 Å². The van der Waals surface area contributed by atoms with Gasteiger partial charge >= 0.3 is 5.97 Å². The summed E-state index contributed by atoms with van der Waals surface area (Å²) >= 11 is 0. The van der Waals surface area contributed by atoms with Crippen molar-refractivity contribution in [2.45, 2.75) is 26.3 Å². The molecule has 0 fully saturated rings. The monoisotopic (exact) mass is 233 g/mol. The Kier molecular flexibility index (Phi) is 4.46. The van der Waals surface area contributed by atoms with Gasteiger partial charge in [0.25, 0.3) is 0 Å². The number of nitrogens with one attached hydrogen (secondary N) is 1. The molecule has 0 amide bonds. The first-order valence-corrected chi connectivity index (χ1v) is 5.44. The fraction of sp³-hybridized carbons (Fsp3) is 0.417. The van der Waals surface area contributed by atoms with Crippen molar-refractivity contribution < 1.29 is 9.90 Å². The van der Waals surface area contributed by atoms with Crippen LogP contribution in [0.2, 0.25) is 0 Å². The molecule has 5 heteroatoms. The van der Waals surface area contributed by atoms with Gasteiger partial charge in [-0.2, -0.15) is 5.26 Å². The van der Waals surface area contributed by atoms with Gasteiger partial charge in [-0.05, 0) is 18.1 Å². The summed E-state index contributed by atoms with van der Waals surface area (Å²) < 4.78 is 0. The van der Waals surface area contributed by atoms with Crippen LogP contribution in [0.1, 0.15) is 26.0 Å². The first-order valence-electron chi connectivity index (χ1n) is 5.44. The molecule has 0 spiro atoms. The van der Waals surface area contributed by atoms with Crippen molar-refractivity contribution in [3.8, 4) is 6.07 Å². The topological polar surface area (TPSA) is 86.0 Å². The summed E-state index contributed by atoms with van der Waals surface area (Å²) in [5.41, 5.74) is 0.868. The van der Waals surface area contributed by atoms with Crippen molar-refractivity contribution in [3.63, 3.8) is 0 Å². The van der Waals surface area contributed by atoms with Gasteiger partial charge in [0.2, 0.25) is 0 Å². The number of rotatable bonds is 5. The van der Waals surface area contributed by atoms with Gasteiger partial charge in [-0.15, -0.1) is 0 Å². The lowest BCUT2D eigenvalue weighted by Gasteiger charge is -2.21. The molecule has 1 heterocycles. The Labute approximate surface area is 100 Å². The number of anilines is 1. The Morgan fingerprint density at radius 2 is 2.41 bits per heavy atom. The zero-order chi connectivity index (χ0) is 12.8. The summed E-state index contributed by atoms with van der Waals surface area (Å²) in [5.74, 6) is -0.888. The van der Waals surface area contributed by atoms with E-state index in [9.17, 15) is 4.79 Å². The van der Waals surface area contributed by atoms with Gasteiger partial charge in [-0.3, -0.25) is 0 Å². The molecule has 1 aromatic rings. The van der Waals surface area contributed by atoms with Gasteiger partial charge in [0, 0.05) is 11.9 Å². The number of carboxylic acid groups (broad SMARTS) is 1. The molecule has 2 N–H and O–H groups in total. The van der Waals surface area contributed by atoms with Crippen molar-refractivity contribution in [1.82, 2.24) is 4.98 Å². The van der Waals surface area contributed by atoms with E-state index in [1.807, 2.05) is 19.9 Å². The minimum atomic E-state index is -0.894. The number of pyridine rings is 1. The van der Waals surface area contributed by atoms with Crippen molar-refractivity contribution in [2.24, 2.45) is 5.92 Å². The van der Waals surface area contributed by atoms with Gasteiger partial charge in [-0.25, -0.2) is 9.78 Å². The third-order valence-corrected chi connectivity index (χ3v) is 2.68. The van der Waals surface area contributed by atoms with Crippen molar-refractivity contribution in [3.05, 3.63) is 24.0 Å². The summed E-state index contributed by atoms with van der Waals surface area (Å²) in [6, 6.07) is 4.45. The average Bonchev–Trinajstić information content (AvgIpc) is 2.35. The van der Waals surface area contributed by atoms with E-state index in [0.29, 0.717) is 5.69 Å². The van der Waals surface area contributed by atoms with Crippen LogP contribution in [0.5, 0.6) is 0 Å². The molecule has 5 nitrogen and oxygen atoms in total. The number of carbonyl (C=O) groups is 1. The highest BCUT2D eigenvalue weighted by Crippen LogP contribution is 2.15. The maximum atomic E-state index is 11.1. The zero-order valence-electron chi connectivity index (χ0n) is 9.84. The van der Waals surface area contributed by atoms with Gasteiger partial charge < -0.3 is 10.4 Å². The third-order valence-electron chi connectivity index (χ3n) is 2.68. The standard InChI is InChI=1S/C12H15N3O2/c1-3-8(2)11(12(16)17)15-9-4-5-14-10(6-9)7-13/h4-6,8,11H,3H2,1-2H3,(H,14,15)(H,16,17)/t8-,11-/m0/s1. The van der Waals surface area contributed by atoms with Crippen molar-refractivity contribution in [2.75, 3.05) is 5.32 Å². The van der Waals surface area contributed by atoms with Crippen LogP contribution in [-0.2, 0) is 4.79 Å². The second-order valence-corrected chi connectivity index (χ2v) is 3.89. The zero-order valence-corrected chi connectivity index (χ0v) is 9.84. The lowest BCUT2D eigenvalue weighted by molar-refractivity contribution is -0.139. The van der Waals surface area contributed by atoms with Crippen LogP contribution in [0.25, 0.3) is 0 Å². The Balaban J connectivity index is 2.86. The van der Waals surface area contributed by atoms with Crippen molar-refractivity contribution >= 4 is 11.7 Å². The highest BCUT2D eigenvalue weighted by Gasteiger charge is 2.23. The molecule has 0 aliphatic rings. The van der Waals surface area contributed by atoms with Gasteiger partial charge in [-0.1, -0.05) is 20.3 Å². The molecule has 1 aromatic heterocycles. The molecule has 1 rings (SSSR count).